The zero-order valence-corrected chi connectivity index (χ0v) is 13.0. The van der Waals surface area contributed by atoms with Gasteiger partial charge in [-0.1, -0.05) is 44.7 Å². The summed E-state index contributed by atoms with van der Waals surface area (Å²) in [6.45, 7) is 3.31. The Balaban J connectivity index is 1.58. The molecule has 0 amide bonds. The molecule has 1 aliphatic rings. The van der Waals surface area contributed by atoms with Crippen LogP contribution in [0.25, 0.3) is 0 Å². The van der Waals surface area contributed by atoms with Gasteiger partial charge in [-0.3, -0.25) is 0 Å². The van der Waals surface area contributed by atoms with E-state index in [1.165, 1.54) is 61.2 Å². The Hall–Kier alpha value is -0.470. The third-order valence-corrected chi connectivity index (χ3v) is 4.71. The number of benzene rings is 1. The highest BCUT2D eigenvalue weighted by molar-refractivity contribution is 7.99. The molecule has 1 saturated carbocycles. The molecule has 0 saturated heterocycles. The quantitative estimate of drug-likeness (QED) is 0.477. The van der Waals surface area contributed by atoms with Crippen LogP contribution in [0.5, 0.6) is 0 Å². The summed E-state index contributed by atoms with van der Waals surface area (Å²) in [5, 5.41) is 3.56. The molecule has 0 radical (unpaired) electrons. The van der Waals surface area contributed by atoms with Crippen LogP contribution in [0.1, 0.15) is 57.4 Å². The minimum Gasteiger partial charge on any atom is -0.310 e. The largest absolute Gasteiger partial charge is 0.310 e. The van der Waals surface area contributed by atoms with E-state index in [1.54, 1.807) is 0 Å². The monoisotopic (exact) mass is 277 g/mol. The minimum atomic E-state index is 0.803. The number of hydrogen-bond acceptors (Lipinski definition) is 2. The molecule has 0 unspecified atom stereocenters. The van der Waals surface area contributed by atoms with Crippen LogP contribution in [0.15, 0.2) is 29.2 Å². The number of rotatable bonds is 10. The Morgan fingerprint density at radius 2 is 1.79 bits per heavy atom. The smallest absolute Gasteiger partial charge is 0.0208 e. The highest BCUT2D eigenvalue weighted by Gasteiger charge is 2.19. The van der Waals surface area contributed by atoms with Crippen molar-refractivity contribution in [1.29, 1.82) is 0 Å². The first-order chi connectivity index (χ1) is 9.38. The lowest BCUT2D eigenvalue weighted by Gasteiger charge is -2.05. The number of nitrogens with one attached hydrogen (secondary N) is 1. The molecule has 1 aromatic carbocycles. The lowest BCUT2D eigenvalue weighted by Crippen LogP contribution is -2.14. The van der Waals surface area contributed by atoms with Crippen LogP contribution in [0.3, 0.4) is 0 Å². The molecule has 106 valence electrons. The van der Waals surface area contributed by atoms with Crippen molar-refractivity contribution >= 4 is 11.8 Å². The first-order valence-electron chi connectivity index (χ1n) is 7.83. The maximum absolute atomic E-state index is 3.56. The van der Waals surface area contributed by atoms with E-state index in [0.29, 0.717) is 0 Å². The maximum atomic E-state index is 3.56. The van der Waals surface area contributed by atoms with Crippen LogP contribution in [0.4, 0.5) is 0 Å². The molecule has 1 nitrogen and oxygen atoms in total. The van der Waals surface area contributed by atoms with E-state index < -0.39 is 0 Å². The zero-order chi connectivity index (χ0) is 13.3. The molecule has 1 fully saturated rings. The second-order valence-corrected chi connectivity index (χ2v) is 6.73. The fourth-order valence-corrected chi connectivity index (χ4v) is 3.06. The van der Waals surface area contributed by atoms with Gasteiger partial charge in [0, 0.05) is 17.5 Å². The van der Waals surface area contributed by atoms with Gasteiger partial charge in [-0.05, 0) is 42.7 Å². The Morgan fingerprint density at radius 1 is 1.05 bits per heavy atom. The molecule has 1 aromatic rings. The minimum absolute atomic E-state index is 0.803. The van der Waals surface area contributed by atoms with Crippen LogP contribution >= 0.6 is 11.8 Å². The lowest BCUT2D eigenvalue weighted by atomic mass is 10.2. The normalized spacial score (nSPS) is 14.8. The van der Waals surface area contributed by atoms with Crippen molar-refractivity contribution in [3.05, 3.63) is 29.8 Å². The van der Waals surface area contributed by atoms with Crippen molar-refractivity contribution in [2.75, 3.05) is 5.75 Å². The van der Waals surface area contributed by atoms with Crippen LogP contribution in [-0.2, 0) is 6.54 Å². The van der Waals surface area contributed by atoms with Crippen molar-refractivity contribution < 1.29 is 0 Å². The van der Waals surface area contributed by atoms with Crippen LogP contribution < -0.4 is 5.32 Å². The van der Waals surface area contributed by atoms with Gasteiger partial charge in [-0.25, -0.2) is 0 Å². The van der Waals surface area contributed by atoms with Crippen molar-refractivity contribution in [1.82, 2.24) is 5.32 Å². The molecular formula is C17H27NS. The average Bonchev–Trinajstić information content (AvgIpc) is 3.26. The molecule has 0 bridgehead atoms. The summed E-state index contributed by atoms with van der Waals surface area (Å²) in [4.78, 5) is 1.42. The third kappa shape index (κ3) is 6.49. The number of thioether (sulfide) groups is 1. The second kappa shape index (κ2) is 8.65. The molecule has 2 heteroatoms. The lowest BCUT2D eigenvalue weighted by molar-refractivity contribution is 0.659. The molecule has 0 spiro atoms. The summed E-state index contributed by atoms with van der Waals surface area (Å²) in [6, 6.07) is 9.90. The van der Waals surface area contributed by atoms with Gasteiger partial charge in [0.1, 0.15) is 0 Å². The molecular weight excluding hydrogens is 250 g/mol. The predicted molar refractivity (Wildman–Crippen MR) is 85.8 cm³/mol. The summed E-state index contributed by atoms with van der Waals surface area (Å²) in [5.41, 5.74) is 1.42. The molecule has 2 rings (SSSR count). The van der Waals surface area contributed by atoms with E-state index in [9.17, 15) is 0 Å². The van der Waals surface area contributed by atoms with Gasteiger partial charge in [0.25, 0.3) is 0 Å². The third-order valence-electron chi connectivity index (χ3n) is 3.61. The molecule has 0 heterocycles. The van der Waals surface area contributed by atoms with Gasteiger partial charge in [-0.2, -0.15) is 0 Å². The van der Waals surface area contributed by atoms with Crippen LogP contribution in [0.2, 0.25) is 0 Å². The first-order valence-corrected chi connectivity index (χ1v) is 8.82. The van der Waals surface area contributed by atoms with Crippen molar-refractivity contribution in [2.24, 2.45) is 0 Å². The van der Waals surface area contributed by atoms with Gasteiger partial charge < -0.3 is 5.32 Å². The predicted octanol–water partition coefficient (Wildman–Crippen LogP) is 5.00. The van der Waals surface area contributed by atoms with E-state index in [2.05, 4.69) is 36.5 Å². The molecule has 19 heavy (non-hydrogen) atoms. The molecule has 0 atom stereocenters. The molecule has 0 aromatic heterocycles. The summed E-state index contributed by atoms with van der Waals surface area (Å²) in [6.07, 6.45) is 9.62. The Bertz CT molecular complexity index is 343. The van der Waals surface area contributed by atoms with Crippen molar-refractivity contribution in [2.45, 2.75) is 69.4 Å². The van der Waals surface area contributed by atoms with Gasteiger partial charge >= 0.3 is 0 Å². The summed E-state index contributed by atoms with van der Waals surface area (Å²) >= 11 is 2.00. The Labute approximate surface area is 122 Å². The van der Waals surface area contributed by atoms with E-state index >= 15 is 0 Å². The molecule has 1 N–H and O–H groups in total. The van der Waals surface area contributed by atoms with Crippen LogP contribution in [0, 0.1) is 0 Å². The fraction of sp³-hybridized carbons (Fsp3) is 0.647. The SMILES string of the molecule is CCCCCCCSc1ccc(CNC2CC2)cc1. The summed E-state index contributed by atoms with van der Waals surface area (Å²) in [5.74, 6) is 1.27. The topological polar surface area (TPSA) is 12.0 Å². The van der Waals surface area contributed by atoms with E-state index in [0.717, 1.165) is 12.6 Å². The summed E-state index contributed by atoms with van der Waals surface area (Å²) < 4.78 is 0. The highest BCUT2D eigenvalue weighted by atomic mass is 32.2. The second-order valence-electron chi connectivity index (χ2n) is 5.56. The van der Waals surface area contributed by atoms with Gasteiger partial charge in [0.15, 0.2) is 0 Å². The Morgan fingerprint density at radius 3 is 2.47 bits per heavy atom. The van der Waals surface area contributed by atoms with Crippen LogP contribution in [-0.4, -0.2) is 11.8 Å². The number of unbranched alkanes of at least 4 members (excludes halogenated alkanes) is 4. The first kappa shape index (κ1) is 14.9. The zero-order valence-electron chi connectivity index (χ0n) is 12.2. The van der Waals surface area contributed by atoms with E-state index in [1.807, 2.05) is 11.8 Å². The number of hydrogen-bond donors (Lipinski definition) is 1. The van der Waals surface area contributed by atoms with Crippen molar-refractivity contribution in [3.8, 4) is 0 Å². The molecule has 1 aliphatic carbocycles. The van der Waals surface area contributed by atoms with E-state index in [-0.39, 0.29) is 0 Å². The standard InChI is InChI=1S/C17H27NS/c1-2-3-4-5-6-13-19-17-11-7-15(8-12-17)14-18-16-9-10-16/h7-8,11-12,16,18H,2-6,9-10,13-14H2,1H3. The maximum Gasteiger partial charge on any atom is 0.0208 e. The highest BCUT2D eigenvalue weighted by Crippen LogP contribution is 2.22. The van der Waals surface area contributed by atoms with Gasteiger partial charge in [-0.15, -0.1) is 11.8 Å². The Kier molecular flexibility index (Phi) is 6.80. The fourth-order valence-electron chi connectivity index (χ4n) is 2.15. The van der Waals surface area contributed by atoms with E-state index in [4.69, 9.17) is 0 Å². The average molecular weight is 277 g/mol. The van der Waals surface area contributed by atoms with Gasteiger partial charge in [0.2, 0.25) is 0 Å². The molecule has 0 aliphatic heterocycles. The van der Waals surface area contributed by atoms with Crippen molar-refractivity contribution in [3.63, 3.8) is 0 Å². The summed E-state index contributed by atoms with van der Waals surface area (Å²) in [7, 11) is 0. The van der Waals surface area contributed by atoms with Gasteiger partial charge in [0.05, 0.1) is 0 Å².